The van der Waals surface area contributed by atoms with E-state index in [4.69, 9.17) is 14.2 Å². The number of aryl methyl sites for hydroxylation is 3. The Kier molecular flexibility index (Phi) is 8.54. The van der Waals surface area contributed by atoms with Crippen LogP contribution in [0.25, 0.3) is 0 Å². The first-order valence-corrected chi connectivity index (χ1v) is 12.8. The lowest BCUT2D eigenvalue weighted by Crippen LogP contribution is -2.47. The van der Waals surface area contributed by atoms with Crippen LogP contribution < -0.4 is 14.2 Å². The van der Waals surface area contributed by atoms with E-state index in [0.29, 0.717) is 26.1 Å². The van der Waals surface area contributed by atoms with Gasteiger partial charge in [0.05, 0.1) is 13.7 Å². The Morgan fingerprint density at radius 1 is 1.00 bits per heavy atom. The second-order valence-corrected chi connectivity index (χ2v) is 9.78. The molecule has 1 fully saturated rings. The van der Waals surface area contributed by atoms with Crippen LogP contribution in [0, 0.1) is 13.8 Å². The molecule has 7 nitrogen and oxygen atoms in total. The van der Waals surface area contributed by atoms with Crippen LogP contribution in [0.15, 0.2) is 48.8 Å². The van der Waals surface area contributed by atoms with Crippen LogP contribution in [-0.4, -0.2) is 58.6 Å². The van der Waals surface area contributed by atoms with Crippen molar-refractivity contribution in [1.82, 2.24) is 14.5 Å². The van der Waals surface area contributed by atoms with Gasteiger partial charge in [-0.25, -0.2) is 4.98 Å². The van der Waals surface area contributed by atoms with Gasteiger partial charge in [0.15, 0.2) is 11.5 Å². The summed E-state index contributed by atoms with van der Waals surface area (Å²) in [6, 6.07) is 12.3. The maximum Gasteiger partial charge on any atom is 0.161 e. The molecule has 0 radical (unpaired) electrons. The minimum atomic E-state index is -0.796. The summed E-state index contributed by atoms with van der Waals surface area (Å²) in [6.07, 6.45) is 6.08. The maximum absolute atomic E-state index is 11.1. The SMILES string of the molecule is CCc1nccn1CCOc1ccc(CN2CCC(O)(COc3ccc(C)cc3C)CC2)cc1OC. The molecule has 1 aromatic heterocycles. The largest absolute Gasteiger partial charge is 0.493 e. The summed E-state index contributed by atoms with van der Waals surface area (Å²) in [5.41, 5.74) is 2.68. The predicted molar refractivity (Wildman–Crippen MR) is 141 cm³/mol. The number of piperidine rings is 1. The van der Waals surface area contributed by atoms with Crippen LogP contribution in [0.3, 0.4) is 0 Å². The highest BCUT2D eigenvalue weighted by Gasteiger charge is 2.33. The van der Waals surface area contributed by atoms with Crippen LogP contribution >= 0.6 is 0 Å². The van der Waals surface area contributed by atoms with E-state index >= 15 is 0 Å². The number of hydrogen-bond donors (Lipinski definition) is 1. The van der Waals surface area contributed by atoms with Gasteiger partial charge < -0.3 is 23.9 Å². The molecule has 2 aromatic carbocycles. The fourth-order valence-corrected chi connectivity index (χ4v) is 4.74. The van der Waals surface area contributed by atoms with Crippen LogP contribution in [0.2, 0.25) is 0 Å². The van der Waals surface area contributed by atoms with E-state index in [-0.39, 0.29) is 0 Å². The van der Waals surface area contributed by atoms with E-state index < -0.39 is 5.60 Å². The smallest absolute Gasteiger partial charge is 0.161 e. The highest BCUT2D eigenvalue weighted by Crippen LogP contribution is 2.30. The molecular formula is C29H39N3O4. The lowest BCUT2D eigenvalue weighted by Gasteiger charge is -2.38. The number of methoxy groups -OCH3 is 1. The zero-order valence-corrected chi connectivity index (χ0v) is 22.0. The van der Waals surface area contributed by atoms with Crippen molar-refractivity contribution >= 4 is 0 Å². The summed E-state index contributed by atoms with van der Waals surface area (Å²) in [5.74, 6) is 3.40. The van der Waals surface area contributed by atoms with Gasteiger partial charge >= 0.3 is 0 Å². The Bertz CT molecular complexity index is 1140. The molecular weight excluding hydrogens is 454 g/mol. The standard InChI is InChI=1S/C29H39N3O4/c1-5-28-30-12-15-32(28)16-17-35-26-9-7-24(19-27(26)34-4)20-31-13-10-29(33,11-14-31)21-36-25-8-6-22(2)18-23(25)3/h6-9,12,15,18-19,33H,5,10-11,13-14,16-17,20-21H2,1-4H3. The number of nitrogens with zero attached hydrogens (tertiary/aromatic N) is 3. The van der Waals surface area contributed by atoms with Crippen molar-refractivity contribution < 1.29 is 19.3 Å². The molecule has 0 spiro atoms. The normalized spacial score (nSPS) is 15.6. The van der Waals surface area contributed by atoms with Crippen molar-refractivity contribution in [2.75, 3.05) is 33.4 Å². The average Bonchev–Trinajstić information content (AvgIpc) is 3.33. The molecule has 4 rings (SSSR count). The fraction of sp³-hybridized carbons (Fsp3) is 0.483. The van der Waals surface area contributed by atoms with Crippen LogP contribution in [0.4, 0.5) is 0 Å². The highest BCUT2D eigenvalue weighted by molar-refractivity contribution is 5.43. The molecule has 1 saturated heterocycles. The van der Waals surface area contributed by atoms with E-state index in [1.807, 2.05) is 43.6 Å². The third-order valence-corrected chi connectivity index (χ3v) is 6.96. The predicted octanol–water partition coefficient (Wildman–Crippen LogP) is 4.56. The molecule has 0 bridgehead atoms. The van der Waals surface area contributed by atoms with E-state index in [2.05, 4.69) is 40.4 Å². The molecule has 0 aliphatic carbocycles. The molecule has 1 aliphatic rings. The third kappa shape index (κ3) is 6.59. The van der Waals surface area contributed by atoms with E-state index in [9.17, 15) is 5.11 Å². The van der Waals surface area contributed by atoms with Gasteiger partial charge in [0.2, 0.25) is 0 Å². The number of rotatable bonds is 11. The van der Waals surface area contributed by atoms with Gasteiger partial charge in [-0.3, -0.25) is 4.90 Å². The van der Waals surface area contributed by atoms with E-state index in [1.54, 1.807) is 7.11 Å². The first-order chi connectivity index (χ1) is 17.4. The molecule has 1 N–H and O–H groups in total. The Labute approximate surface area is 214 Å². The number of benzene rings is 2. The molecule has 0 atom stereocenters. The van der Waals surface area contributed by atoms with Crippen molar-refractivity contribution in [3.8, 4) is 17.2 Å². The number of imidazole rings is 1. The number of aromatic nitrogens is 2. The molecule has 0 amide bonds. The summed E-state index contributed by atoms with van der Waals surface area (Å²) in [4.78, 5) is 6.72. The monoisotopic (exact) mass is 493 g/mol. The fourth-order valence-electron chi connectivity index (χ4n) is 4.74. The quantitative estimate of drug-likeness (QED) is 0.423. The number of ether oxygens (including phenoxy) is 3. The van der Waals surface area contributed by atoms with Crippen molar-refractivity contribution in [3.63, 3.8) is 0 Å². The number of hydrogen-bond acceptors (Lipinski definition) is 6. The maximum atomic E-state index is 11.1. The molecule has 1 aliphatic heterocycles. The second-order valence-electron chi connectivity index (χ2n) is 9.78. The van der Waals surface area contributed by atoms with Gasteiger partial charge in [0.25, 0.3) is 0 Å². The topological polar surface area (TPSA) is 69.0 Å². The molecule has 0 saturated carbocycles. The van der Waals surface area contributed by atoms with Crippen LogP contribution in [-0.2, 0) is 19.5 Å². The summed E-state index contributed by atoms with van der Waals surface area (Å²) < 4.78 is 19.7. The third-order valence-electron chi connectivity index (χ3n) is 6.96. The Hall–Kier alpha value is -3.03. The van der Waals surface area contributed by atoms with E-state index in [1.165, 1.54) is 11.1 Å². The van der Waals surface area contributed by atoms with Crippen molar-refractivity contribution in [3.05, 3.63) is 71.3 Å². The van der Waals surface area contributed by atoms with Gasteiger partial charge in [-0.1, -0.05) is 30.7 Å². The van der Waals surface area contributed by atoms with Gasteiger partial charge in [-0.15, -0.1) is 0 Å². The lowest BCUT2D eigenvalue weighted by molar-refractivity contribution is -0.0538. The molecule has 3 aromatic rings. The minimum Gasteiger partial charge on any atom is -0.493 e. The molecule has 2 heterocycles. The van der Waals surface area contributed by atoms with Gasteiger partial charge in [-0.05, 0) is 56.0 Å². The van der Waals surface area contributed by atoms with Crippen LogP contribution in [0.5, 0.6) is 17.2 Å². The summed E-state index contributed by atoms with van der Waals surface area (Å²) in [7, 11) is 1.67. The second kappa shape index (κ2) is 11.8. The van der Waals surface area contributed by atoms with Gasteiger partial charge in [0.1, 0.15) is 30.4 Å². The summed E-state index contributed by atoms with van der Waals surface area (Å²) in [6.45, 7) is 10.3. The van der Waals surface area contributed by atoms with Crippen molar-refractivity contribution in [2.24, 2.45) is 0 Å². The Balaban J connectivity index is 1.26. The Morgan fingerprint density at radius 3 is 2.50 bits per heavy atom. The average molecular weight is 494 g/mol. The lowest BCUT2D eigenvalue weighted by atomic mass is 9.92. The molecule has 7 heteroatoms. The molecule has 194 valence electrons. The first kappa shape index (κ1) is 26.0. The van der Waals surface area contributed by atoms with Crippen LogP contribution in [0.1, 0.15) is 42.3 Å². The van der Waals surface area contributed by atoms with Gasteiger partial charge in [0, 0.05) is 38.4 Å². The van der Waals surface area contributed by atoms with Crippen molar-refractivity contribution in [2.45, 2.75) is 58.7 Å². The van der Waals surface area contributed by atoms with Crippen molar-refractivity contribution in [1.29, 1.82) is 0 Å². The zero-order valence-electron chi connectivity index (χ0n) is 22.0. The number of likely N-dealkylation sites (tertiary alicyclic amines) is 1. The highest BCUT2D eigenvalue weighted by atomic mass is 16.5. The summed E-state index contributed by atoms with van der Waals surface area (Å²) >= 11 is 0. The first-order valence-electron chi connectivity index (χ1n) is 12.8. The van der Waals surface area contributed by atoms with E-state index in [0.717, 1.165) is 61.2 Å². The molecule has 36 heavy (non-hydrogen) atoms. The molecule has 0 unspecified atom stereocenters. The minimum absolute atomic E-state index is 0.323. The zero-order chi connectivity index (χ0) is 25.5. The number of aliphatic hydroxyl groups is 1. The summed E-state index contributed by atoms with van der Waals surface area (Å²) in [5, 5.41) is 11.1. The Morgan fingerprint density at radius 2 is 1.78 bits per heavy atom. The van der Waals surface area contributed by atoms with Gasteiger partial charge in [-0.2, -0.15) is 0 Å².